The third kappa shape index (κ3) is 4.39. The molecule has 0 spiro atoms. The van der Waals surface area contributed by atoms with E-state index in [0.29, 0.717) is 31.9 Å². The summed E-state index contributed by atoms with van der Waals surface area (Å²) in [5.74, 6) is 0.157. The number of anilines is 1. The van der Waals surface area contributed by atoms with Crippen molar-refractivity contribution in [1.29, 1.82) is 0 Å². The molecule has 1 aromatic heterocycles. The van der Waals surface area contributed by atoms with Gasteiger partial charge in [0.15, 0.2) is 0 Å². The second kappa shape index (κ2) is 8.09. The third-order valence-corrected chi connectivity index (χ3v) is 6.76. The topological polar surface area (TPSA) is 59.1 Å². The fourth-order valence-electron chi connectivity index (χ4n) is 2.82. The van der Waals surface area contributed by atoms with Gasteiger partial charge in [-0.25, -0.2) is 13.4 Å². The van der Waals surface area contributed by atoms with Gasteiger partial charge in [-0.3, -0.25) is 4.72 Å². The first kappa shape index (κ1) is 21.2. The Morgan fingerprint density at radius 2 is 1.54 bits per heavy atom. The molecule has 0 bridgehead atoms. The van der Waals surface area contributed by atoms with Crippen molar-refractivity contribution in [2.24, 2.45) is 0 Å². The Morgan fingerprint density at radius 1 is 0.821 bits per heavy atom. The van der Waals surface area contributed by atoms with Gasteiger partial charge < -0.3 is 0 Å². The molecule has 4 nitrogen and oxygen atoms in total. The first-order valence-electron chi connectivity index (χ1n) is 8.00. The molecule has 0 fully saturated rings. The summed E-state index contributed by atoms with van der Waals surface area (Å²) in [5, 5.41) is 1.46. The van der Waals surface area contributed by atoms with Crippen molar-refractivity contribution < 1.29 is 8.42 Å². The zero-order valence-corrected chi connectivity index (χ0v) is 18.6. The molecule has 0 aliphatic carbocycles. The maximum atomic E-state index is 12.8. The van der Waals surface area contributed by atoms with Gasteiger partial charge >= 0.3 is 0 Å². The molecule has 9 heteroatoms. The van der Waals surface area contributed by atoms with Crippen LogP contribution in [0.1, 0.15) is 11.3 Å². The van der Waals surface area contributed by atoms with E-state index in [2.05, 4.69) is 9.71 Å². The Kier molecular flexibility index (Phi) is 6.13. The highest BCUT2D eigenvalue weighted by molar-refractivity contribution is 7.92. The van der Waals surface area contributed by atoms with E-state index in [-0.39, 0.29) is 15.7 Å². The number of halogens is 4. The fraction of sp³-hybridized carbons (Fsp3) is 0.105. The fourth-order valence-corrected chi connectivity index (χ4v) is 5.41. The number of aryl methyl sites for hydroxylation is 2. The number of rotatable bonds is 4. The zero-order valence-electron chi connectivity index (χ0n) is 14.7. The van der Waals surface area contributed by atoms with Crippen LogP contribution in [0.15, 0.2) is 47.4 Å². The zero-order chi connectivity index (χ0) is 20.6. The molecule has 28 heavy (non-hydrogen) atoms. The molecule has 0 aliphatic heterocycles. The van der Waals surface area contributed by atoms with Gasteiger partial charge in [0, 0.05) is 31.9 Å². The number of pyridine rings is 1. The van der Waals surface area contributed by atoms with Crippen molar-refractivity contribution in [2.45, 2.75) is 18.7 Å². The summed E-state index contributed by atoms with van der Waals surface area (Å²) < 4.78 is 28.1. The smallest absolute Gasteiger partial charge is 0.263 e. The highest BCUT2D eigenvalue weighted by Crippen LogP contribution is 2.34. The molecule has 0 saturated heterocycles. The summed E-state index contributed by atoms with van der Waals surface area (Å²) in [6.07, 6.45) is 0. The number of aromatic nitrogens is 1. The van der Waals surface area contributed by atoms with Crippen molar-refractivity contribution in [3.05, 3.63) is 73.8 Å². The van der Waals surface area contributed by atoms with Gasteiger partial charge in [-0.2, -0.15) is 0 Å². The van der Waals surface area contributed by atoms with Gasteiger partial charge in [0.1, 0.15) is 10.7 Å². The normalized spacial score (nSPS) is 11.5. The molecule has 0 radical (unpaired) electrons. The van der Waals surface area contributed by atoms with E-state index in [9.17, 15) is 8.42 Å². The van der Waals surface area contributed by atoms with Crippen molar-refractivity contribution >= 4 is 62.2 Å². The van der Waals surface area contributed by atoms with E-state index in [0.717, 1.165) is 5.56 Å². The van der Waals surface area contributed by atoms with Gasteiger partial charge in [-0.15, -0.1) is 0 Å². The second-order valence-corrected chi connectivity index (χ2v) is 9.40. The van der Waals surface area contributed by atoms with Crippen LogP contribution in [0.4, 0.5) is 5.82 Å². The summed E-state index contributed by atoms with van der Waals surface area (Å²) in [4.78, 5) is 4.31. The molecule has 1 heterocycles. The molecule has 2 aromatic carbocycles. The summed E-state index contributed by atoms with van der Waals surface area (Å²) in [5.41, 5.74) is 2.48. The molecular formula is C19H14Cl4N2O2S. The monoisotopic (exact) mass is 474 g/mol. The molecule has 0 aliphatic rings. The lowest BCUT2D eigenvalue weighted by Gasteiger charge is -2.14. The predicted octanol–water partition coefficient (Wildman–Crippen LogP) is 6.78. The lowest BCUT2D eigenvalue weighted by molar-refractivity contribution is 0.600. The molecule has 0 atom stereocenters. The van der Waals surface area contributed by atoms with Gasteiger partial charge in [0.2, 0.25) is 0 Å². The molecule has 0 unspecified atom stereocenters. The van der Waals surface area contributed by atoms with E-state index in [1.165, 1.54) is 12.1 Å². The average Bonchev–Trinajstić information content (AvgIpc) is 2.56. The maximum Gasteiger partial charge on any atom is 0.264 e. The van der Waals surface area contributed by atoms with Crippen molar-refractivity contribution in [2.75, 3.05) is 4.72 Å². The van der Waals surface area contributed by atoms with Crippen LogP contribution >= 0.6 is 46.4 Å². The lowest BCUT2D eigenvalue weighted by atomic mass is 10.0. The van der Waals surface area contributed by atoms with E-state index >= 15 is 0 Å². The van der Waals surface area contributed by atoms with Crippen LogP contribution in [-0.4, -0.2) is 13.4 Å². The first-order valence-corrected chi connectivity index (χ1v) is 11.0. The third-order valence-electron chi connectivity index (χ3n) is 4.01. The number of benzene rings is 2. The Labute approximate surface area is 183 Å². The largest absolute Gasteiger partial charge is 0.264 e. The minimum atomic E-state index is -3.95. The van der Waals surface area contributed by atoms with Gasteiger partial charge in [0.05, 0.1) is 5.02 Å². The number of sulfonamides is 1. The Morgan fingerprint density at radius 3 is 2.18 bits per heavy atom. The van der Waals surface area contributed by atoms with Crippen molar-refractivity contribution in [3.8, 4) is 11.1 Å². The van der Waals surface area contributed by atoms with Crippen LogP contribution in [0.3, 0.4) is 0 Å². The molecule has 3 rings (SSSR count). The Balaban J connectivity index is 1.98. The molecule has 0 amide bonds. The first-order chi connectivity index (χ1) is 13.1. The average molecular weight is 476 g/mol. The quantitative estimate of drug-likeness (QED) is 0.452. The minimum absolute atomic E-state index is 0.0385. The maximum absolute atomic E-state index is 12.8. The van der Waals surface area contributed by atoms with Crippen LogP contribution < -0.4 is 4.72 Å². The van der Waals surface area contributed by atoms with E-state index in [1.807, 2.05) is 0 Å². The number of hydrogen-bond donors (Lipinski definition) is 1. The Bertz CT molecular complexity index is 1160. The molecule has 1 N–H and O–H groups in total. The standard InChI is InChI=1S/C19H14Cl4N2O2S/c1-10-7-13(21)9-17(23)19(10)28(26,27)25-18-6-4-14(11(2)24-18)15-8-12(20)3-5-16(15)22/h3-9H,1-2H3,(H,24,25). The Hall–Kier alpha value is -1.50. The molecule has 0 saturated carbocycles. The van der Waals surface area contributed by atoms with Crippen molar-refractivity contribution in [3.63, 3.8) is 0 Å². The molecule has 146 valence electrons. The lowest BCUT2D eigenvalue weighted by Crippen LogP contribution is -2.16. The van der Waals surface area contributed by atoms with Gasteiger partial charge in [-0.05, 0) is 61.9 Å². The highest BCUT2D eigenvalue weighted by atomic mass is 35.5. The minimum Gasteiger partial charge on any atom is -0.263 e. The van der Waals surface area contributed by atoms with Crippen LogP contribution in [0.2, 0.25) is 20.1 Å². The highest BCUT2D eigenvalue weighted by Gasteiger charge is 2.22. The summed E-state index contributed by atoms with van der Waals surface area (Å²) in [6, 6.07) is 11.3. The second-order valence-electron chi connectivity index (χ2n) is 6.09. The SMILES string of the molecule is Cc1cc(Cl)cc(Cl)c1S(=O)(=O)Nc1ccc(-c2cc(Cl)ccc2Cl)c(C)n1. The van der Waals surface area contributed by atoms with Crippen molar-refractivity contribution in [1.82, 2.24) is 4.98 Å². The number of hydrogen-bond acceptors (Lipinski definition) is 3. The number of nitrogens with one attached hydrogen (secondary N) is 1. The van der Waals surface area contributed by atoms with Gasteiger partial charge in [-0.1, -0.05) is 46.4 Å². The van der Waals surface area contributed by atoms with Gasteiger partial charge in [0.25, 0.3) is 10.0 Å². The van der Waals surface area contributed by atoms with E-state index < -0.39 is 10.0 Å². The van der Waals surface area contributed by atoms with Crippen LogP contribution in [0.25, 0.3) is 11.1 Å². The molecule has 3 aromatic rings. The van der Waals surface area contributed by atoms with Crippen LogP contribution in [-0.2, 0) is 10.0 Å². The predicted molar refractivity (Wildman–Crippen MR) is 116 cm³/mol. The van der Waals surface area contributed by atoms with E-state index in [1.54, 1.807) is 44.2 Å². The van der Waals surface area contributed by atoms with Crippen LogP contribution in [0.5, 0.6) is 0 Å². The summed E-state index contributed by atoms with van der Waals surface area (Å²) in [6.45, 7) is 3.38. The van der Waals surface area contributed by atoms with Crippen LogP contribution in [0, 0.1) is 13.8 Å². The summed E-state index contributed by atoms with van der Waals surface area (Å²) in [7, 11) is -3.95. The summed E-state index contributed by atoms with van der Waals surface area (Å²) >= 11 is 24.3. The van der Waals surface area contributed by atoms with E-state index in [4.69, 9.17) is 46.4 Å². The number of nitrogens with zero attached hydrogens (tertiary/aromatic N) is 1. The molecular weight excluding hydrogens is 462 g/mol.